The molecule has 0 saturated carbocycles. The lowest BCUT2D eigenvalue weighted by molar-refractivity contribution is 0.0502. The van der Waals surface area contributed by atoms with E-state index < -0.39 is 11.0 Å². The average Bonchev–Trinajstić information content (AvgIpc) is 2.38. The first-order chi connectivity index (χ1) is 9.68. The third-order valence-corrected chi connectivity index (χ3v) is 5.20. The Balaban J connectivity index is 3.08. The van der Waals surface area contributed by atoms with E-state index >= 15 is 0 Å². The van der Waals surface area contributed by atoms with Gasteiger partial charge in [0.2, 0.25) is 0 Å². The van der Waals surface area contributed by atoms with Gasteiger partial charge in [0.1, 0.15) is 5.75 Å². The van der Waals surface area contributed by atoms with Crippen LogP contribution < -0.4 is 9.46 Å². The second-order valence-corrected chi connectivity index (χ2v) is 8.33. The minimum atomic E-state index is -1.24. The van der Waals surface area contributed by atoms with Crippen LogP contribution in [0.4, 0.5) is 0 Å². The van der Waals surface area contributed by atoms with Crippen LogP contribution in [0.2, 0.25) is 10.0 Å². The van der Waals surface area contributed by atoms with Gasteiger partial charge in [0.25, 0.3) is 0 Å². The molecule has 1 rings (SSSR count). The fourth-order valence-electron chi connectivity index (χ4n) is 1.60. The molecule has 4 nitrogen and oxygen atoms in total. The number of ether oxygens (including phenoxy) is 2. The third-order valence-electron chi connectivity index (χ3n) is 2.70. The van der Waals surface area contributed by atoms with E-state index in [2.05, 4.69) is 4.72 Å². The monoisotopic (exact) mass is 353 g/mol. The van der Waals surface area contributed by atoms with Crippen LogP contribution in [0.5, 0.6) is 5.75 Å². The van der Waals surface area contributed by atoms with Crippen molar-refractivity contribution in [3.63, 3.8) is 0 Å². The van der Waals surface area contributed by atoms with Gasteiger partial charge in [0.15, 0.2) is 6.79 Å². The fourth-order valence-corrected chi connectivity index (χ4v) is 2.87. The minimum absolute atomic E-state index is 0.0973. The van der Waals surface area contributed by atoms with E-state index in [-0.39, 0.29) is 17.6 Å². The zero-order chi connectivity index (χ0) is 16.2. The van der Waals surface area contributed by atoms with E-state index in [1.807, 2.05) is 27.7 Å². The molecule has 7 heteroatoms. The van der Waals surface area contributed by atoms with E-state index in [1.54, 1.807) is 12.1 Å². The molecule has 1 N–H and O–H groups in total. The SMILES string of the molecule is COCOc1ccc(Cl)c(Cl)c1[C@H](C)N[S@](=O)C(C)(C)C. The molecule has 0 heterocycles. The van der Waals surface area contributed by atoms with E-state index in [1.165, 1.54) is 7.11 Å². The number of hydrogen-bond donors (Lipinski definition) is 1. The lowest BCUT2D eigenvalue weighted by Crippen LogP contribution is -2.35. The fraction of sp³-hybridized carbons (Fsp3) is 0.571. The van der Waals surface area contributed by atoms with Crippen LogP contribution in [-0.4, -0.2) is 22.9 Å². The predicted molar refractivity (Wildman–Crippen MR) is 88.4 cm³/mol. The molecular formula is C14H21Cl2NO3S. The standard InChI is InChI=1S/C14H21Cl2NO3S/c1-9(17-21(18)14(2,3)4)12-11(20-8-19-5)7-6-10(15)13(12)16/h6-7,9,17H,8H2,1-5H3/t9-,21+/m0/s1. The molecule has 1 aromatic carbocycles. The van der Waals surface area contributed by atoms with Crippen molar-refractivity contribution in [1.29, 1.82) is 0 Å². The van der Waals surface area contributed by atoms with Crippen molar-refractivity contribution in [3.8, 4) is 5.75 Å². The van der Waals surface area contributed by atoms with Crippen molar-refractivity contribution in [3.05, 3.63) is 27.7 Å². The Hall–Kier alpha value is -0.330. The lowest BCUT2D eigenvalue weighted by Gasteiger charge is -2.24. The second-order valence-electron chi connectivity index (χ2n) is 5.54. The smallest absolute Gasteiger partial charge is 0.188 e. The first kappa shape index (κ1) is 18.7. The summed E-state index contributed by atoms with van der Waals surface area (Å²) in [5.41, 5.74) is 0.666. The topological polar surface area (TPSA) is 47.6 Å². The Bertz CT molecular complexity index is 518. The molecular weight excluding hydrogens is 333 g/mol. The summed E-state index contributed by atoms with van der Waals surface area (Å²) in [4.78, 5) is 0. The largest absolute Gasteiger partial charge is 0.467 e. The molecule has 0 unspecified atom stereocenters. The number of hydrogen-bond acceptors (Lipinski definition) is 3. The van der Waals surface area contributed by atoms with Crippen LogP contribution >= 0.6 is 23.2 Å². The van der Waals surface area contributed by atoms with Crippen LogP contribution in [0.1, 0.15) is 39.3 Å². The van der Waals surface area contributed by atoms with Crippen LogP contribution in [0.25, 0.3) is 0 Å². The van der Waals surface area contributed by atoms with E-state index in [0.29, 0.717) is 21.4 Å². The van der Waals surface area contributed by atoms with E-state index in [0.717, 1.165) is 0 Å². The summed E-state index contributed by atoms with van der Waals surface area (Å²) in [7, 11) is 0.300. The maximum absolute atomic E-state index is 12.2. The van der Waals surface area contributed by atoms with Crippen molar-refractivity contribution in [1.82, 2.24) is 4.72 Å². The molecule has 0 aliphatic heterocycles. The average molecular weight is 354 g/mol. The molecule has 21 heavy (non-hydrogen) atoms. The highest BCUT2D eigenvalue weighted by molar-refractivity contribution is 7.84. The maximum Gasteiger partial charge on any atom is 0.188 e. The van der Waals surface area contributed by atoms with Gasteiger partial charge in [-0.05, 0) is 39.8 Å². The number of nitrogens with one attached hydrogen (secondary N) is 1. The van der Waals surface area contributed by atoms with Gasteiger partial charge >= 0.3 is 0 Å². The maximum atomic E-state index is 12.2. The Morgan fingerprint density at radius 1 is 1.33 bits per heavy atom. The first-order valence-electron chi connectivity index (χ1n) is 6.46. The van der Waals surface area contributed by atoms with Gasteiger partial charge < -0.3 is 9.47 Å². The highest BCUT2D eigenvalue weighted by atomic mass is 35.5. The first-order valence-corrected chi connectivity index (χ1v) is 8.36. The quantitative estimate of drug-likeness (QED) is 0.783. The Morgan fingerprint density at radius 3 is 2.48 bits per heavy atom. The molecule has 120 valence electrons. The van der Waals surface area contributed by atoms with Gasteiger partial charge in [-0.2, -0.15) is 0 Å². The van der Waals surface area contributed by atoms with Crippen molar-refractivity contribution in [2.24, 2.45) is 0 Å². The lowest BCUT2D eigenvalue weighted by atomic mass is 10.1. The van der Waals surface area contributed by atoms with Crippen LogP contribution in [0.3, 0.4) is 0 Å². The van der Waals surface area contributed by atoms with Crippen molar-refractivity contribution in [2.45, 2.75) is 38.5 Å². The van der Waals surface area contributed by atoms with E-state index in [4.69, 9.17) is 32.7 Å². The summed E-state index contributed by atoms with van der Waals surface area (Å²) in [6.07, 6.45) is 0. The van der Waals surface area contributed by atoms with Crippen LogP contribution in [-0.2, 0) is 15.7 Å². The van der Waals surface area contributed by atoms with Gasteiger partial charge in [-0.1, -0.05) is 23.2 Å². The van der Waals surface area contributed by atoms with Gasteiger partial charge in [-0.25, -0.2) is 8.93 Å². The van der Waals surface area contributed by atoms with Crippen molar-refractivity contribution >= 4 is 34.2 Å². The van der Waals surface area contributed by atoms with Crippen LogP contribution in [0.15, 0.2) is 12.1 Å². The molecule has 0 aromatic heterocycles. The molecule has 0 aliphatic rings. The molecule has 0 bridgehead atoms. The predicted octanol–water partition coefficient (Wildman–Crippen LogP) is 4.09. The number of rotatable bonds is 6. The highest BCUT2D eigenvalue weighted by Gasteiger charge is 2.25. The molecule has 1 aromatic rings. The summed E-state index contributed by atoms with van der Waals surface area (Å²) in [6, 6.07) is 3.09. The van der Waals surface area contributed by atoms with Crippen molar-refractivity contribution in [2.75, 3.05) is 13.9 Å². The summed E-state index contributed by atoms with van der Waals surface area (Å²) in [5.74, 6) is 0.553. The molecule has 0 spiro atoms. The summed E-state index contributed by atoms with van der Waals surface area (Å²) in [5, 5.41) is 0.808. The Morgan fingerprint density at radius 2 is 1.95 bits per heavy atom. The zero-order valence-electron chi connectivity index (χ0n) is 12.8. The molecule has 0 aliphatic carbocycles. The zero-order valence-corrected chi connectivity index (χ0v) is 15.2. The minimum Gasteiger partial charge on any atom is -0.467 e. The van der Waals surface area contributed by atoms with Gasteiger partial charge in [-0.15, -0.1) is 0 Å². The molecule has 2 atom stereocenters. The Labute approximate surface area is 138 Å². The summed E-state index contributed by atoms with van der Waals surface area (Å²) in [6.45, 7) is 7.64. The highest BCUT2D eigenvalue weighted by Crippen LogP contribution is 2.37. The summed E-state index contributed by atoms with van der Waals surface area (Å²) < 4.78 is 25.3. The number of halogens is 2. The van der Waals surface area contributed by atoms with Crippen LogP contribution in [0, 0.1) is 0 Å². The van der Waals surface area contributed by atoms with Gasteiger partial charge in [0.05, 0.1) is 25.8 Å². The van der Waals surface area contributed by atoms with Gasteiger partial charge in [0, 0.05) is 18.7 Å². The molecule has 0 fully saturated rings. The molecule has 0 saturated heterocycles. The third kappa shape index (κ3) is 5.11. The molecule has 0 radical (unpaired) electrons. The Kier molecular flexibility index (Phi) is 6.94. The molecule has 0 amide bonds. The van der Waals surface area contributed by atoms with E-state index in [9.17, 15) is 4.21 Å². The number of benzene rings is 1. The number of methoxy groups -OCH3 is 1. The van der Waals surface area contributed by atoms with Crippen molar-refractivity contribution < 1.29 is 13.7 Å². The summed E-state index contributed by atoms with van der Waals surface area (Å²) >= 11 is 12.3. The normalized spacial score (nSPS) is 14.8. The second kappa shape index (κ2) is 7.79. The van der Waals surface area contributed by atoms with Gasteiger partial charge in [-0.3, -0.25) is 0 Å².